The first-order valence-electron chi connectivity index (χ1n) is 6.74. The van der Waals surface area contributed by atoms with Crippen molar-refractivity contribution in [2.24, 2.45) is 5.10 Å². The summed E-state index contributed by atoms with van der Waals surface area (Å²) in [6.07, 6.45) is 2.48. The quantitative estimate of drug-likeness (QED) is 0.654. The minimum Gasteiger partial charge on any atom is -0.272 e. The monoisotopic (exact) mass is 266 g/mol. The molecule has 0 aliphatic heterocycles. The first-order chi connectivity index (χ1) is 9.83. The fourth-order valence-corrected chi connectivity index (χ4v) is 2.05. The van der Waals surface area contributed by atoms with Crippen molar-refractivity contribution in [3.63, 3.8) is 0 Å². The normalized spacial score (nSPS) is 10.9. The number of carbonyl (C=O) groups excluding carboxylic acids is 1. The van der Waals surface area contributed by atoms with Gasteiger partial charge in [0.15, 0.2) is 0 Å². The Hall–Kier alpha value is -2.42. The van der Waals surface area contributed by atoms with Gasteiger partial charge in [0.1, 0.15) is 0 Å². The predicted octanol–water partition coefficient (Wildman–Crippen LogP) is 3.33. The summed E-state index contributed by atoms with van der Waals surface area (Å²) in [4.78, 5) is 12.4. The minimum atomic E-state index is -0.341. The predicted molar refractivity (Wildman–Crippen MR) is 81.7 cm³/mol. The lowest BCUT2D eigenvalue weighted by Gasteiger charge is -2.16. The molecule has 0 aliphatic rings. The van der Waals surface area contributed by atoms with E-state index in [1.165, 1.54) is 0 Å². The largest absolute Gasteiger partial charge is 0.272 e. The summed E-state index contributed by atoms with van der Waals surface area (Å²) in [5.41, 5.74) is 4.53. The maximum absolute atomic E-state index is 12.4. The third-order valence-electron chi connectivity index (χ3n) is 2.98. The molecule has 0 bridgehead atoms. The van der Waals surface area contributed by atoms with E-state index in [1.807, 2.05) is 67.6 Å². The molecule has 102 valence electrons. The van der Waals surface area contributed by atoms with Gasteiger partial charge in [-0.1, -0.05) is 67.6 Å². The van der Waals surface area contributed by atoms with Crippen LogP contribution in [0.3, 0.4) is 0 Å². The Morgan fingerprint density at radius 1 is 1.05 bits per heavy atom. The molecule has 0 aromatic heterocycles. The van der Waals surface area contributed by atoms with Crippen LogP contribution in [-0.4, -0.2) is 12.1 Å². The molecule has 0 atom stereocenters. The summed E-state index contributed by atoms with van der Waals surface area (Å²) in [6, 6.07) is 19.5. The van der Waals surface area contributed by atoms with E-state index in [-0.39, 0.29) is 11.8 Å². The highest BCUT2D eigenvalue weighted by atomic mass is 16.2. The average Bonchev–Trinajstić information content (AvgIpc) is 2.50. The van der Waals surface area contributed by atoms with E-state index in [1.54, 1.807) is 6.21 Å². The molecule has 20 heavy (non-hydrogen) atoms. The average molecular weight is 266 g/mol. The molecular formula is C17H18N2O. The van der Waals surface area contributed by atoms with Gasteiger partial charge in [0.2, 0.25) is 0 Å². The second kappa shape index (κ2) is 7.24. The number of hydrogen-bond acceptors (Lipinski definition) is 2. The fraction of sp³-hybridized carbons (Fsp3) is 0.176. The van der Waals surface area contributed by atoms with Gasteiger partial charge in [-0.15, -0.1) is 0 Å². The van der Waals surface area contributed by atoms with Crippen LogP contribution in [0.15, 0.2) is 65.8 Å². The summed E-state index contributed by atoms with van der Waals surface area (Å²) in [5.74, 6) is -0.460. The van der Waals surface area contributed by atoms with E-state index in [0.29, 0.717) is 0 Å². The van der Waals surface area contributed by atoms with Crippen LogP contribution >= 0.6 is 0 Å². The molecule has 3 nitrogen and oxygen atoms in total. The lowest BCUT2D eigenvalue weighted by molar-refractivity contribution is -0.121. The number of hydrogen-bond donors (Lipinski definition) is 1. The lowest BCUT2D eigenvalue weighted by atomic mass is 9.91. The third-order valence-corrected chi connectivity index (χ3v) is 2.98. The molecule has 0 saturated heterocycles. The zero-order chi connectivity index (χ0) is 14.2. The van der Waals surface area contributed by atoms with Crippen molar-refractivity contribution in [2.45, 2.75) is 19.3 Å². The second-order valence-corrected chi connectivity index (χ2v) is 4.45. The van der Waals surface area contributed by atoms with Gasteiger partial charge in [-0.25, -0.2) is 5.43 Å². The van der Waals surface area contributed by atoms with Crippen LogP contribution in [0.4, 0.5) is 0 Å². The number of amides is 1. The maximum Gasteiger partial charge on any atom is 0.252 e. The first-order valence-corrected chi connectivity index (χ1v) is 6.74. The first kappa shape index (κ1) is 14.0. The standard InChI is InChI=1S/C17H18N2O/c1-2-13-18-19-17(20)16(14-9-5-3-6-10-14)15-11-7-4-8-12-15/h3-13,16H,2H2,1H3,(H,19,20)/b18-13-. The second-order valence-electron chi connectivity index (χ2n) is 4.45. The number of benzene rings is 2. The fourth-order valence-electron chi connectivity index (χ4n) is 2.05. The maximum atomic E-state index is 12.4. The topological polar surface area (TPSA) is 41.5 Å². The van der Waals surface area contributed by atoms with Crippen LogP contribution in [0.25, 0.3) is 0 Å². The van der Waals surface area contributed by atoms with Crippen molar-refractivity contribution in [3.8, 4) is 0 Å². The van der Waals surface area contributed by atoms with E-state index in [0.717, 1.165) is 17.5 Å². The molecule has 0 radical (unpaired) electrons. The van der Waals surface area contributed by atoms with Crippen LogP contribution in [0.1, 0.15) is 30.4 Å². The van der Waals surface area contributed by atoms with E-state index < -0.39 is 0 Å². The molecule has 0 unspecified atom stereocenters. The Bertz CT molecular complexity index is 525. The zero-order valence-corrected chi connectivity index (χ0v) is 11.5. The molecule has 0 spiro atoms. The zero-order valence-electron chi connectivity index (χ0n) is 11.5. The number of rotatable bonds is 5. The Kier molecular flexibility index (Phi) is 5.07. The van der Waals surface area contributed by atoms with Gasteiger partial charge in [0.05, 0.1) is 5.92 Å². The number of hydrazone groups is 1. The summed E-state index contributed by atoms with van der Waals surface area (Å²) in [7, 11) is 0. The lowest BCUT2D eigenvalue weighted by Crippen LogP contribution is -2.26. The van der Waals surface area contributed by atoms with Crippen molar-refractivity contribution in [1.82, 2.24) is 5.43 Å². The van der Waals surface area contributed by atoms with Gasteiger partial charge in [0.25, 0.3) is 5.91 Å². The Morgan fingerprint density at radius 2 is 1.55 bits per heavy atom. The highest BCUT2D eigenvalue weighted by Crippen LogP contribution is 2.24. The number of carbonyl (C=O) groups is 1. The van der Waals surface area contributed by atoms with Gasteiger partial charge in [-0.2, -0.15) is 5.10 Å². The Labute approximate surface area is 119 Å². The van der Waals surface area contributed by atoms with Crippen molar-refractivity contribution >= 4 is 12.1 Å². The smallest absolute Gasteiger partial charge is 0.252 e. The van der Waals surface area contributed by atoms with Crippen LogP contribution in [0.5, 0.6) is 0 Å². The molecule has 0 fully saturated rings. The summed E-state index contributed by atoms with van der Waals surface area (Å²) < 4.78 is 0. The Balaban J connectivity index is 2.30. The van der Waals surface area contributed by atoms with Gasteiger partial charge in [-0.3, -0.25) is 4.79 Å². The number of nitrogens with zero attached hydrogens (tertiary/aromatic N) is 1. The SMILES string of the molecule is CC/C=N\NC(=O)C(c1ccccc1)c1ccccc1. The summed E-state index contributed by atoms with van der Waals surface area (Å²) >= 11 is 0. The molecule has 0 saturated carbocycles. The van der Waals surface area contributed by atoms with Crippen LogP contribution in [0.2, 0.25) is 0 Å². The molecule has 1 amide bonds. The van der Waals surface area contributed by atoms with E-state index in [2.05, 4.69) is 10.5 Å². The molecule has 1 N–H and O–H groups in total. The van der Waals surface area contributed by atoms with Crippen molar-refractivity contribution in [3.05, 3.63) is 71.8 Å². The summed E-state index contributed by atoms with van der Waals surface area (Å²) in [5, 5.41) is 3.94. The molecule has 0 aliphatic carbocycles. The molecular weight excluding hydrogens is 248 g/mol. The third kappa shape index (κ3) is 3.54. The van der Waals surface area contributed by atoms with Crippen LogP contribution in [-0.2, 0) is 4.79 Å². The van der Waals surface area contributed by atoms with E-state index >= 15 is 0 Å². The molecule has 2 rings (SSSR count). The summed E-state index contributed by atoms with van der Waals surface area (Å²) in [6.45, 7) is 1.97. The van der Waals surface area contributed by atoms with Crippen molar-refractivity contribution in [2.75, 3.05) is 0 Å². The highest BCUT2D eigenvalue weighted by Gasteiger charge is 2.21. The van der Waals surface area contributed by atoms with Crippen molar-refractivity contribution < 1.29 is 4.79 Å². The van der Waals surface area contributed by atoms with Gasteiger partial charge >= 0.3 is 0 Å². The molecule has 2 aromatic carbocycles. The van der Waals surface area contributed by atoms with Gasteiger partial charge < -0.3 is 0 Å². The number of nitrogens with one attached hydrogen (secondary N) is 1. The van der Waals surface area contributed by atoms with Crippen LogP contribution < -0.4 is 5.43 Å². The highest BCUT2D eigenvalue weighted by molar-refractivity contribution is 5.87. The van der Waals surface area contributed by atoms with Crippen molar-refractivity contribution in [1.29, 1.82) is 0 Å². The van der Waals surface area contributed by atoms with Crippen LogP contribution in [0, 0.1) is 0 Å². The van der Waals surface area contributed by atoms with Gasteiger partial charge in [-0.05, 0) is 17.5 Å². The van der Waals surface area contributed by atoms with E-state index in [9.17, 15) is 4.79 Å². The van der Waals surface area contributed by atoms with Gasteiger partial charge in [0, 0.05) is 6.21 Å². The molecule has 2 aromatic rings. The Morgan fingerprint density at radius 3 is 2.00 bits per heavy atom. The molecule has 3 heteroatoms. The van der Waals surface area contributed by atoms with E-state index in [4.69, 9.17) is 0 Å². The minimum absolute atomic E-state index is 0.118. The molecule has 0 heterocycles.